The van der Waals surface area contributed by atoms with E-state index >= 15 is 0 Å². The van der Waals surface area contributed by atoms with Crippen LogP contribution in [0.5, 0.6) is 0 Å². The van der Waals surface area contributed by atoms with Gasteiger partial charge in [-0.1, -0.05) is 6.92 Å². The van der Waals surface area contributed by atoms with Gasteiger partial charge < -0.3 is 19.2 Å². The molecule has 3 aromatic heterocycles. The number of hydrogen-bond donors (Lipinski definition) is 1. The van der Waals surface area contributed by atoms with E-state index in [1.165, 1.54) is 12.4 Å². The molecule has 4 heterocycles. The normalized spacial score (nSPS) is 20.0. The predicted molar refractivity (Wildman–Crippen MR) is 111 cm³/mol. The molecule has 1 aliphatic heterocycles. The van der Waals surface area contributed by atoms with Crippen molar-refractivity contribution < 1.29 is 31.9 Å². The van der Waals surface area contributed by atoms with Crippen LogP contribution in [0.25, 0.3) is 11.3 Å². The first-order chi connectivity index (χ1) is 16.3. The summed E-state index contributed by atoms with van der Waals surface area (Å²) in [5.74, 6) is -1.55. The summed E-state index contributed by atoms with van der Waals surface area (Å²) in [5, 5.41) is 6.86. The highest BCUT2D eigenvalue weighted by atomic mass is 19.4. The van der Waals surface area contributed by atoms with Crippen molar-refractivity contribution in [3.63, 3.8) is 0 Å². The molecule has 34 heavy (non-hydrogen) atoms. The van der Waals surface area contributed by atoms with Gasteiger partial charge in [-0.25, -0.2) is 9.97 Å². The van der Waals surface area contributed by atoms with E-state index < -0.39 is 23.4 Å². The molecule has 180 valence electrons. The molecule has 1 fully saturated rings. The van der Waals surface area contributed by atoms with E-state index in [0.29, 0.717) is 31.9 Å². The number of hydrogen-bond acceptors (Lipinski definition) is 7. The fourth-order valence-electron chi connectivity index (χ4n) is 4.29. The fraction of sp³-hybridized carbons (Fsp3) is 0.455. The molecule has 3 aromatic rings. The quantitative estimate of drug-likeness (QED) is 0.603. The Bertz CT molecular complexity index is 1190. The van der Waals surface area contributed by atoms with Crippen LogP contribution in [-0.4, -0.2) is 51.6 Å². The Labute approximate surface area is 192 Å². The Morgan fingerprint density at radius 1 is 1.26 bits per heavy atom. The van der Waals surface area contributed by atoms with Crippen molar-refractivity contribution in [1.29, 1.82) is 0 Å². The minimum Gasteiger partial charge on any atom is -0.455 e. The maximum absolute atomic E-state index is 14.2. The Morgan fingerprint density at radius 3 is 2.76 bits per heavy atom. The maximum Gasteiger partial charge on any atom is 0.420 e. The molecule has 1 unspecified atom stereocenters. The van der Waals surface area contributed by atoms with E-state index in [1.807, 2.05) is 6.92 Å². The number of ether oxygens (including phenoxy) is 2. The average molecular weight is 477 g/mol. The van der Waals surface area contributed by atoms with Gasteiger partial charge in [0.1, 0.15) is 23.3 Å². The van der Waals surface area contributed by atoms with Crippen LogP contribution >= 0.6 is 0 Å². The average Bonchev–Trinajstić information content (AvgIpc) is 3.41. The lowest BCUT2D eigenvalue weighted by Gasteiger charge is -2.22. The van der Waals surface area contributed by atoms with Crippen LogP contribution in [0.2, 0.25) is 0 Å². The first-order valence-corrected chi connectivity index (χ1v) is 10.8. The summed E-state index contributed by atoms with van der Waals surface area (Å²) in [4.78, 5) is 20.7. The van der Waals surface area contributed by atoms with Crippen molar-refractivity contribution >= 4 is 5.91 Å². The molecule has 1 saturated heterocycles. The minimum absolute atomic E-state index is 0.0935. The standard InChI is InChI=1S/C22H22F3N5O4/c1-12-7-15-17(19-14(12)10-30(29-19)9-13-11-32-5-6-33-13)18(22(23,24)25)20(34-15)21(31)28-8-16-26-3-2-4-27-16/h2-4,10,12-13H,5-9,11H2,1H3,(H,28,31)/t12?,13-/m0/s1. The monoisotopic (exact) mass is 477 g/mol. The minimum atomic E-state index is -4.82. The second-order valence-electron chi connectivity index (χ2n) is 8.28. The van der Waals surface area contributed by atoms with Crippen LogP contribution < -0.4 is 5.32 Å². The third-order valence-corrected chi connectivity index (χ3v) is 5.82. The number of nitrogens with zero attached hydrogens (tertiary/aromatic N) is 4. The Balaban J connectivity index is 1.49. The molecule has 1 aliphatic carbocycles. The van der Waals surface area contributed by atoms with Crippen LogP contribution in [0.1, 0.15) is 46.1 Å². The van der Waals surface area contributed by atoms with Crippen molar-refractivity contribution in [2.75, 3.05) is 19.8 Å². The van der Waals surface area contributed by atoms with E-state index in [-0.39, 0.29) is 47.8 Å². The van der Waals surface area contributed by atoms with Gasteiger partial charge in [0.2, 0.25) is 5.76 Å². The van der Waals surface area contributed by atoms with Gasteiger partial charge in [-0.2, -0.15) is 18.3 Å². The summed E-state index contributed by atoms with van der Waals surface area (Å²) in [5.41, 5.74) is -0.460. The second-order valence-corrected chi connectivity index (χ2v) is 8.28. The number of alkyl halides is 3. The van der Waals surface area contributed by atoms with Gasteiger partial charge in [0.05, 0.1) is 44.2 Å². The zero-order valence-electron chi connectivity index (χ0n) is 18.3. The summed E-state index contributed by atoms with van der Waals surface area (Å²) in [7, 11) is 0. The van der Waals surface area contributed by atoms with E-state index in [1.54, 1.807) is 16.9 Å². The first kappa shape index (κ1) is 22.5. The van der Waals surface area contributed by atoms with E-state index in [0.717, 1.165) is 0 Å². The van der Waals surface area contributed by atoms with Crippen molar-refractivity contribution in [3.8, 4) is 11.3 Å². The molecule has 9 nitrogen and oxygen atoms in total. The molecular formula is C22H22F3N5O4. The summed E-state index contributed by atoms with van der Waals surface area (Å²) in [6, 6.07) is 1.60. The highest BCUT2D eigenvalue weighted by Gasteiger charge is 2.46. The molecule has 5 rings (SSSR count). The zero-order valence-corrected chi connectivity index (χ0v) is 18.3. The van der Waals surface area contributed by atoms with Gasteiger partial charge in [-0.05, 0) is 12.0 Å². The molecular weight excluding hydrogens is 455 g/mol. The van der Waals surface area contributed by atoms with Crippen molar-refractivity contribution in [2.45, 2.75) is 44.6 Å². The number of aromatic nitrogens is 4. The molecule has 0 saturated carbocycles. The number of carbonyl (C=O) groups excluding carboxylic acids is 1. The topological polar surface area (TPSA) is 104 Å². The Kier molecular flexibility index (Phi) is 5.86. The lowest BCUT2D eigenvalue weighted by molar-refractivity contribution is -0.137. The van der Waals surface area contributed by atoms with E-state index in [2.05, 4.69) is 20.4 Å². The van der Waals surface area contributed by atoms with Crippen molar-refractivity contribution in [1.82, 2.24) is 25.1 Å². The highest BCUT2D eigenvalue weighted by molar-refractivity contribution is 5.96. The van der Waals surface area contributed by atoms with Gasteiger partial charge in [0.25, 0.3) is 5.91 Å². The third-order valence-electron chi connectivity index (χ3n) is 5.82. The molecule has 0 bridgehead atoms. The molecule has 2 aliphatic rings. The van der Waals surface area contributed by atoms with Crippen LogP contribution in [0.15, 0.2) is 29.1 Å². The Hall–Kier alpha value is -3.25. The number of halogens is 3. The molecule has 0 aromatic carbocycles. The van der Waals surface area contributed by atoms with Crippen LogP contribution in [-0.2, 0) is 35.2 Å². The Morgan fingerprint density at radius 2 is 2.06 bits per heavy atom. The number of furan rings is 1. The highest BCUT2D eigenvalue weighted by Crippen LogP contribution is 2.48. The molecule has 0 radical (unpaired) electrons. The maximum atomic E-state index is 14.2. The SMILES string of the molecule is CC1Cc2oc(C(=O)NCc3ncccn3)c(C(F)(F)F)c2-c2nn(C[C@H]3COCCO3)cc21. The largest absolute Gasteiger partial charge is 0.455 e. The summed E-state index contributed by atoms with van der Waals surface area (Å²) >= 11 is 0. The van der Waals surface area contributed by atoms with Crippen LogP contribution in [0.4, 0.5) is 13.2 Å². The van der Waals surface area contributed by atoms with Crippen LogP contribution in [0.3, 0.4) is 0 Å². The van der Waals surface area contributed by atoms with E-state index in [4.69, 9.17) is 13.9 Å². The fourth-order valence-corrected chi connectivity index (χ4v) is 4.29. The summed E-state index contributed by atoms with van der Waals surface area (Å²) in [6.07, 6.45) is -0.154. The number of rotatable bonds is 5. The number of carbonyl (C=O) groups is 1. The number of amides is 1. The van der Waals surface area contributed by atoms with Gasteiger partial charge in [0.15, 0.2) is 0 Å². The number of nitrogens with one attached hydrogen (secondary N) is 1. The van der Waals surface area contributed by atoms with Crippen molar-refractivity contribution in [3.05, 3.63) is 53.1 Å². The van der Waals surface area contributed by atoms with Crippen molar-refractivity contribution in [2.24, 2.45) is 0 Å². The lowest BCUT2D eigenvalue weighted by Crippen LogP contribution is -2.32. The first-order valence-electron chi connectivity index (χ1n) is 10.8. The van der Waals surface area contributed by atoms with Gasteiger partial charge >= 0.3 is 6.18 Å². The third kappa shape index (κ3) is 4.30. The van der Waals surface area contributed by atoms with Gasteiger partial charge in [-0.3, -0.25) is 9.48 Å². The number of fused-ring (bicyclic) bond motifs is 3. The predicted octanol–water partition coefficient (Wildman–Crippen LogP) is 2.96. The summed E-state index contributed by atoms with van der Waals surface area (Å²) in [6.45, 7) is 3.45. The molecule has 0 spiro atoms. The zero-order chi connectivity index (χ0) is 23.9. The molecule has 2 atom stereocenters. The smallest absolute Gasteiger partial charge is 0.420 e. The molecule has 12 heteroatoms. The molecule has 1 N–H and O–H groups in total. The van der Waals surface area contributed by atoms with Crippen LogP contribution in [0, 0.1) is 0 Å². The lowest BCUT2D eigenvalue weighted by atomic mass is 9.86. The van der Waals surface area contributed by atoms with E-state index in [9.17, 15) is 18.0 Å². The van der Waals surface area contributed by atoms with Gasteiger partial charge in [-0.15, -0.1) is 0 Å². The second kappa shape index (κ2) is 8.84. The van der Waals surface area contributed by atoms with Gasteiger partial charge in [0, 0.05) is 30.6 Å². The summed E-state index contributed by atoms with van der Waals surface area (Å²) < 4.78 is 60.8. The molecule has 1 amide bonds.